The van der Waals surface area contributed by atoms with Crippen molar-refractivity contribution in [1.82, 2.24) is 24.6 Å². The SMILES string of the molecule is C/C=C/C(=O)Nc1cccc(Nc2nc(Nc3cnn(C4CCN(C)CC4)c3)ncc2Cl)c1. The van der Waals surface area contributed by atoms with Crippen LogP contribution in [-0.4, -0.2) is 50.7 Å². The molecule has 1 aromatic carbocycles. The van der Waals surface area contributed by atoms with Crippen LogP contribution >= 0.6 is 11.6 Å². The van der Waals surface area contributed by atoms with Crippen LogP contribution < -0.4 is 16.0 Å². The molecule has 4 rings (SSSR count). The fourth-order valence-corrected chi connectivity index (χ4v) is 3.79. The van der Waals surface area contributed by atoms with Gasteiger partial charge in [0.2, 0.25) is 11.9 Å². The fraction of sp³-hybridized carbons (Fsp3) is 0.304. The van der Waals surface area contributed by atoms with Crippen molar-refractivity contribution in [2.45, 2.75) is 25.8 Å². The van der Waals surface area contributed by atoms with Gasteiger partial charge in [-0.3, -0.25) is 9.48 Å². The zero-order chi connectivity index (χ0) is 23.2. The molecule has 172 valence electrons. The van der Waals surface area contributed by atoms with E-state index < -0.39 is 0 Å². The van der Waals surface area contributed by atoms with E-state index in [-0.39, 0.29) is 5.91 Å². The van der Waals surface area contributed by atoms with Crippen molar-refractivity contribution in [2.24, 2.45) is 0 Å². The molecular formula is C23H27ClN8O. The fourth-order valence-electron chi connectivity index (χ4n) is 3.65. The van der Waals surface area contributed by atoms with Crippen LogP contribution in [0.1, 0.15) is 25.8 Å². The van der Waals surface area contributed by atoms with Crippen molar-refractivity contribution in [3.8, 4) is 0 Å². The second-order valence-electron chi connectivity index (χ2n) is 7.95. The van der Waals surface area contributed by atoms with E-state index >= 15 is 0 Å². The monoisotopic (exact) mass is 466 g/mol. The van der Waals surface area contributed by atoms with Crippen molar-refractivity contribution in [3.63, 3.8) is 0 Å². The number of benzene rings is 1. The van der Waals surface area contributed by atoms with Crippen LogP contribution in [0.2, 0.25) is 5.02 Å². The lowest BCUT2D eigenvalue weighted by Crippen LogP contribution is -2.31. The Morgan fingerprint density at radius 2 is 1.94 bits per heavy atom. The van der Waals surface area contributed by atoms with Crippen LogP contribution in [-0.2, 0) is 4.79 Å². The van der Waals surface area contributed by atoms with Gasteiger partial charge in [0.1, 0.15) is 5.02 Å². The van der Waals surface area contributed by atoms with E-state index in [0.717, 1.165) is 37.3 Å². The van der Waals surface area contributed by atoms with Gasteiger partial charge in [0.25, 0.3) is 0 Å². The van der Waals surface area contributed by atoms with Crippen LogP contribution in [0.3, 0.4) is 0 Å². The van der Waals surface area contributed by atoms with Crippen LogP contribution in [0.5, 0.6) is 0 Å². The Bertz CT molecular complexity index is 1140. The van der Waals surface area contributed by atoms with Gasteiger partial charge in [0.05, 0.1) is 24.1 Å². The summed E-state index contributed by atoms with van der Waals surface area (Å²) >= 11 is 6.32. The smallest absolute Gasteiger partial charge is 0.248 e. The summed E-state index contributed by atoms with van der Waals surface area (Å²) < 4.78 is 2.01. The molecule has 9 nitrogen and oxygen atoms in total. The number of allylic oxidation sites excluding steroid dienone is 1. The average molecular weight is 467 g/mol. The van der Waals surface area contributed by atoms with Gasteiger partial charge >= 0.3 is 0 Å². The first-order valence-electron chi connectivity index (χ1n) is 10.8. The Kier molecular flexibility index (Phi) is 7.21. The molecule has 0 atom stereocenters. The van der Waals surface area contributed by atoms with Crippen molar-refractivity contribution < 1.29 is 4.79 Å². The van der Waals surface area contributed by atoms with Crippen LogP contribution in [0.25, 0.3) is 0 Å². The largest absolute Gasteiger partial charge is 0.339 e. The predicted molar refractivity (Wildman–Crippen MR) is 131 cm³/mol. The Labute approximate surface area is 197 Å². The zero-order valence-corrected chi connectivity index (χ0v) is 19.4. The van der Waals surface area contributed by atoms with Gasteiger partial charge in [-0.2, -0.15) is 10.1 Å². The van der Waals surface area contributed by atoms with E-state index in [9.17, 15) is 4.79 Å². The number of amides is 1. The third-order valence-corrected chi connectivity index (χ3v) is 5.65. The summed E-state index contributed by atoms with van der Waals surface area (Å²) in [5.41, 5.74) is 2.21. The molecular weight excluding hydrogens is 440 g/mol. The minimum Gasteiger partial charge on any atom is -0.339 e. The highest BCUT2D eigenvalue weighted by Crippen LogP contribution is 2.27. The number of aromatic nitrogens is 4. The molecule has 3 N–H and O–H groups in total. The molecule has 10 heteroatoms. The molecule has 3 aromatic rings. The summed E-state index contributed by atoms with van der Waals surface area (Å²) in [6.45, 7) is 3.94. The minimum atomic E-state index is -0.193. The molecule has 0 radical (unpaired) electrons. The summed E-state index contributed by atoms with van der Waals surface area (Å²) in [4.78, 5) is 22.9. The Hall–Kier alpha value is -3.43. The third-order valence-electron chi connectivity index (χ3n) is 5.37. The minimum absolute atomic E-state index is 0.193. The molecule has 1 amide bonds. The number of carbonyl (C=O) groups excluding carboxylic acids is 1. The summed E-state index contributed by atoms with van der Waals surface area (Å²) in [6, 6.07) is 7.71. The summed E-state index contributed by atoms with van der Waals surface area (Å²) in [7, 11) is 2.14. The summed E-state index contributed by atoms with van der Waals surface area (Å²) in [5, 5.41) is 14.1. The third kappa shape index (κ3) is 6.09. The maximum absolute atomic E-state index is 11.8. The molecule has 3 heterocycles. The Balaban J connectivity index is 1.44. The lowest BCUT2D eigenvalue weighted by Gasteiger charge is -2.28. The van der Waals surface area contributed by atoms with Gasteiger partial charge in [-0.25, -0.2) is 4.98 Å². The Morgan fingerprint density at radius 1 is 1.15 bits per heavy atom. The number of nitrogens with zero attached hydrogens (tertiary/aromatic N) is 5. The molecule has 33 heavy (non-hydrogen) atoms. The first kappa shape index (κ1) is 22.8. The quantitative estimate of drug-likeness (QED) is 0.437. The van der Waals surface area contributed by atoms with Crippen molar-refractivity contribution >= 4 is 46.3 Å². The molecule has 0 bridgehead atoms. The number of carbonyl (C=O) groups is 1. The number of likely N-dealkylation sites (tertiary alicyclic amines) is 1. The average Bonchev–Trinajstić information content (AvgIpc) is 3.25. The topological polar surface area (TPSA) is 100 Å². The predicted octanol–water partition coefficient (Wildman–Crippen LogP) is 4.60. The van der Waals surface area contributed by atoms with Crippen molar-refractivity contribution in [2.75, 3.05) is 36.1 Å². The van der Waals surface area contributed by atoms with E-state index in [1.54, 1.807) is 25.3 Å². The molecule has 1 fully saturated rings. The molecule has 1 aliphatic heterocycles. The molecule has 2 aromatic heterocycles. The van der Waals surface area contributed by atoms with Gasteiger partial charge in [-0.1, -0.05) is 23.7 Å². The van der Waals surface area contributed by atoms with E-state index in [2.05, 4.69) is 43.0 Å². The van der Waals surface area contributed by atoms with Gasteiger partial charge in [0, 0.05) is 17.6 Å². The lowest BCUT2D eigenvalue weighted by atomic mass is 10.1. The summed E-state index contributed by atoms with van der Waals surface area (Å²) in [6.07, 6.45) is 10.6. The van der Waals surface area contributed by atoms with Crippen LogP contribution in [0.15, 0.2) is 55.0 Å². The van der Waals surface area contributed by atoms with E-state index in [0.29, 0.717) is 28.5 Å². The second kappa shape index (κ2) is 10.5. The van der Waals surface area contributed by atoms with E-state index in [1.165, 1.54) is 12.3 Å². The number of hydrogen-bond donors (Lipinski definition) is 3. The molecule has 0 aliphatic carbocycles. The zero-order valence-electron chi connectivity index (χ0n) is 18.6. The highest BCUT2D eigenvalue weighted by Gasteiger charge is 2.19. The van der Waals surface area contributed by atoms with Crippen LogP contribution in [0.4, 0.5) is 28.8 Å². The van der Waals surface area contributed by atoms with Crippen molar-refractivity contribution in [3.05, 3.63) is 60.0 Å². The molecule has 0 unspecified atom stereocenters. The molecule has 1 aliphatic rings. The summed E-state index contributed by atoms with van der Waals surface area (Å²) in [5.74, 6) is 0.665. The lowest BCUT2D eigenvalue weighted by molar-refractivity contribution is -0.111. The number of nitrogens with one attached hydrogen (secondary N) is 3. The van der Waals surface area contributed by atoms with Gasteiger partial charge < -0.3 is 20.9 Å². The number of rotatable bonds is 7. The van der Waals surface area contributed by atoms with Crippen LogP contribution in [0, 0.1) is 0 Å². The molecule has 1 saturated heterocycles. The standard InChI is InChI=1S/C23H27ClN8O/c1-3-5-21(33)27-16-6-4-7-17(12-16)28-22-20(24)14-25-23(30-22)29-18-13-26-32(15-18)19-8-10-31(2)11-9-19/h3-7,12-15,19H,8-11H2,1-2H3,(H,27,33)(H2,25,28,29,30)/b5-3+. The maximum atomic E-state index is 11.8. The molecule has 0 saturated carbocycles. The molecule has 0 spiro atoms. The highest BCUT2D eigenvalue weighted by atomic mass is 35.5. The first-order chi connectivity index (χ1) is 16.0. The van der Waals surface area contributed by atoms with Gasteiger partial charge in [-0.05, 0) is 64.2 Å². The first-order valence-corrected chi connectivity index (χ1v) is 11.2. The number of anilines is 5. The Morgan fingerprint density at radius 3 is 2.73 bits per heavy atom. The van der Waals surface area contributed by atoms with Gasteiger partial charge in [0.15, 0.2) is 5.82 Å². The number of halogens is 1. The van der Waals surface area contributed by atoms with E-state index in [4.69, 9.17) is 11.6 Å². The van der Waals surface area contributed by atoms with Crippen molar-refractivity contribution in [1.29, 1.82) is 0 Å². The maximum Gasteiger partial charge on any atom is 0.248 e. The second-order valence-corrected chi connectivity index (χ2v) is 8.36. The normalized spacial score (nSPS) is 15.0. The number of hydrogen-bond acceptors (Lipinski definition) is 7. The number of piperidine rings is 1. The highest BCUT2D eigenvalue weighted by molar-refractivity contribution is 6.32. The van der Waals surface area contributed by atoms with E-state index in [1.807, 2.05) is 29.1 Å². The van der Waals surface area contributed by atoms with Gasteiger partial charge in [-0.15, -0.1) is 0 Å².